The first kappa shape index (κ1) is 13.7. The van der Waals surface area contributed by atoms with Gasteiger partial charge in [0.15, 0.2) is 0 Å². The summed E-state index contributed by atoms with van der Waals surface area (Å²) in [4.78, 5) is 34.4. The third-order valence-electron chi connectivity index (χ3n) is 3.91. The highest BCUT2D eigenvalue weighted by atomic mass is 16.3. The van der Waals surface area contributed by atoms with Gasteiger partial charge in [0.05, 0.1) is 12.3 Å². The van der Waals surface area contributed by atoms with Crippen LogP contribution in [0, 0.1) is 0 Å². The average Bonchev–Trinajstić information content (AvgIpc) is 3.03. The standard InChI is InChI=1S/C14H17N3O4/c18-12(5-4-10-13(19)17-14(20)16-10)15-9-2-1-3-11-8(9)6-7-21-11/h6-7,9-10H,1-5H2,(H,15,18)(H2,16,17,19,20). The third kappa shape index (κ3) is 2.91. The summed E-state index contributed by atoms with van der Waals surface area (Å²) in [6.45, 7) is 0. The molecule has 0 bridgehead atoms. The molecule has 0 radical (unpaired) electrons. The smallest absolute Gasteiger partial charge is 0.322 e. The second kappa shape index (κ2) is 5.59. The molecule has 21 heavy (non-hydrogen) atoms. The van der Waals surface area contributed by atoms with Gasteiger partial charge >= 0.3 is 6.03 Å². The van der Waals surface area contributed by atoms with Gasteiger partial charge in [-0.2, -0.15) is 0 Å². The minimum absolute atomic E-state index is 0.0213. The summed E-state index contributed by atoms with van der Waals surface area (Å²) >= 11 is 0. The zero-order valence-corrected chi connectivity index (χ0v) is 11.5. The molecule has 2 heterocycles. The molecular formula is C14H17N3O4. The molecule has 3 N–H and O–H groups in total. The van der Waals surface area contributed by atoms with Crippen LogP contribution in [-0.2, 0) is 16.0 Å². The molecule has 2 aliphatic rings. The number of imide groups is 1. The van der Waals surface area contributed by atoms with Crippen molar-refractivity contribution in [3.63, 3.8) is 0 Å². The summed E-state index contributed by atoms with van der Waals surface area (Å²) in [5.41, 5.74) is 1.04. The molecule has 3 rings (SSSR count). The lowest BCUT2D eigenvalue weighted by Gasteiger charge is -2.22. The van der Waals surface area contributed by atoms with Gasteiger partial charge in [0.2, 0.25) is 5.91 Å². The summed E-state index contributed by atoms with van der Waals surface area (Å²) in [7, 11) is 0. The van der Waals surface area contributed by atoms with Gasteiger partial charge in [0.1, 0.15) is 11.8 Å². The second-order valence-electron chi connectivity index (χ2n) is 5.37. The van der Waals surface area contributed by atoms with Crippen LogP contribution in [0.5, 0.6) is 0 Å². The predicted molar refractivity (Wildman–Crippen MR) is 72.2 cm³/mol. The number of nitrogens with one attached hydrogen (secondary N) is 3. The van der Waals surface area contributed by atoms with Crippen molar-refractivity contribution in [2.75, 3.05) is 0 Å². The zero-order chi connectivity index (χ0) is 14.8. The van der Waals surface area contributed by atoms with Crippen LogP contribution in [0.25, 0.3) is 0 Å². The maximum atomic E-state index is 12.0. The Morgan fingerprint density at radius 3 is 3.05 bits per heavy atom. The Bertz CT molecular complexity index is 581. The molecule has 0 saturated carbocycles. The lowest BCUT2D eigenvalue weighted by Crippen LogP contribution is -2.34. The Morgan fingerprint density at radius 2 is 2.29 bits per heavy atom. The van der Waals surface area contributed by atoms with Gasteiger partial charge in [-0.25, -0.2) is 4.79 Å². The molecule has 0 aromatic carbocycles. The number of rotatable bonds is 4. The molecule has 4 amide bonds. The molecule has 1 aromatic heterocycles. The number of hydrogen-bond donors (Lipinski definition) is 3. The Labute approximate surface area is 121 Å². The Hall–Kier alpha value is -2.31. The highest BCUT2D eigenvalue weighted by molar-refractivity contribution is 6.04. The van der Waals surface area contributed by atoms with Crippen molar-refractivity contribution in [3.05, 3.63) is 23.7 Å². The largest absolute Gasteiger partial charge is 0.469 e. The normalized spacial score (nSPS) is 24.2. The quantitative estimate of drug-likeness (QED) is 0.713. The SMILES string of the molecule is O=C(CCC1NC(=O)NC1=O)NC1CCCc2occc21. The van der Waals surface area contributed by atoms with Crippen molar-refractivity contribution in [2.24, 2.45) is 0 Å². The number of carbonyl (C=O) groups excluding carboxylic acids is 3. The van der Waals surface area contributed by atoms with Crippen LogP contribution in [-0.4, -0.2) is 23.9 Å². The van der Waals surface area contributed by atoms with E-state index in [0.29, 0.717) is 6.42 Å². The summed E-state index contributed by atoms with van der Waals surface area (Å²) in [6.07, 6.45) is 4.92. The molecule has 1 aliphatic carbocycles. The fraction of sp³-hybridized carbons (Fsp3) is 0.500. The Morgan fingerprint density at radius 1 is 1.43 bits per heavy atom. The van der Waals surface area contributed by atoms with E-state index in [1.54, 1.807) is 6.26 Å². The van der Waals surface area contributed by atoms with Crippen LogP contribution >= 0.6 is 0 Å². The van der Waals surface area contributed by atoms with Crippen molar-refractivity contribution >= 4 is 17.8 Å². The van der Waals surface area contributed by atoms with Gasteiger partial charge in [-0.15, -0.1) is 0 Å². The van der Waals surface area contributed by atoms with Gasteiger partial charge in [0, 0.05) is 18.4 Å². The van der Waals surface area contributed by atoms with Crippen molar-refractivity contribution in [2.45, 2.75) is 44.2 Å². The molecule has 7 heteroatoms. The molecule has 2 atom stereocenters. The first-order chi connectivity index (χ1) is 10.1. The second-order valence-corrected chi connectivity index (χ2v) is 5.37. The fourth-order valence-corrected chi connectivity index (χ4v) is 2.84. The first-order valence-corrected chi connectivity index (χ1v) is 7.10. The van der Waals surface area contributed by atoms with E-state index in [9.17, 15) is 14.4 Å². The first-order valence-electron chi connectivity index (χ1n) is 7.10. The van der Waals surface area contributed by atoms with E-state index in [2.05, 4.69) is 16.0 Å². The molecule has 1 saturated heterocycles. The monoisotopic (exact) mass is 291 g/mol. The van der Waals surface area contributed by atoms with E-state index >= 15 is 0 Å². The zero-order valence-electron chi connectivity index (χ0n) is 11.5. The van der Waals surface area contributed by atoms with Crippen LogP contribution in [0.4, 0.5) is 4.79 Å². The number of hydrogen-bond acceptors (Lipinski definition) is 4. The summed E-state index contributed by atoms with van der Waals surface area (Å²) < 4.78 is 5.38. The van der Waals surface area contributed by atoms with Crippen molar-refractivity contribution in [1.29, 1.82) is 0 Å². The number of furan rings is 1. The van der Waals surface area contributed by atoms with Gasteiger partial charge in [-0.1, -0.05) is 0 Å². The van der Waals surface area contributed by atoms with Gasteiger partial charge < -0.3 is 15.1 Å². The molecule has 1 aliphatic heterocycles. The highest BCUT2D eigenvalue weighted by Crippen LogP contribution is 2.30. The number of amides is 4. The molecule has 7 nitrogen and oxygen atoms in total. The van der Waals surface area contributed by atoms with E-state index < -0.39 is 12.1 Å². The lowest BCUT2D eigenvalue weighted by molar-refractivity contribution is -0.122. The summed E-state index contributed by atoms with van der Waals surface area (Å²) in [5.74, 6) is 0.444. The van der Waals surface area contributed by atoms with Crippen molar-refractivity contribution < 1.29 is 18.8 Å². The van der Waals surface area contributed by atoms with Crippen LogP contribution < -0.4 is 16.0 Å². The average molecular weight is 291 g/mol. The van der Waals surface area contributed by atoms with E-state index in [0.717, 1.165) is 30.6 Å². The molecule has 1 aromatic rings. The maximum absolute atomic E-state index is 12.0. The third-order valence-corrected chi connectivity index (χ3v) is 3.91. The maximum Gasteiger partial charge on any atom is 0.322 e. The van der Waals surface area contributed by atoms with E-state index in [4.69, 9.17) is 4.42 Å². The van der Waals surface area contributed by atoms with Crippen LogP contribution in [0.1, 0.15) is 43.0 Å². The Balaban J connectivity index is 1.51. The van der Waals surface area contributed by atoms with Gasteiger partial charge in [0.25, 0.3) is 5.91 Å². The highest BCUT2D eigenvalue weighted by Gasteiger charge is 2.30. The minimum Gasteiger partial charge on any atom is -0.469 e. The van der Waals surface area contributed by atoms with Crippen LogP contribution in [0.2, 0.25) is 0 Å². The van der Waals surface area contributed by atoms with Gasteiger partial charge in [-0.3, -0.25) is 14.9 Å². The van der Waals surface area contributed by atoms with Crippen molar-refractivity contribution in [3.8, 4) is 0 Å². The number of urea groups is 1. The predicted octanol–water partition coefficient (Wildman–Crippen LogP) is 0.761. The van der Waals surface area contributed by atoms with Crippen LogP contribution in [0.3, 0.4) is 0 Å². The minimum atomic E-state index is -0.612. The Kier molecular flexibility index (Phi) is 3.64. The number of fused-ring (bicyclic) bond motifs is 1. The molecule has 1 fully saturated rings. The molecule has 112 valence electrons. The summed E-state index contributed by atoms with van der Waals surface area (Å²) in [5, 5.41) is 7.60. The molecule has 0 spiro atoms. The number of carbonyl (C=O) groups is 3. The molecule has 2 unspecified atom stereocenters. The van der Waals surface area contributed by atoms with Crippen LogP contribution in [0.15, 0.2) is 16.7 Å². The molecular weight excluding hydrogens is 274 g/mol. The fourth-order valence-electron chi connectivity index (χ4n) is 2.84. The van der Waals surface area contributed by atoms with Crippen molar-refractivity contribution in [1.82, 2.24) is 16.0 Å². The van der Waals surface area contributed by atoms with E-state index in [-0.39, 0.29) is 24.3 Å². The topological polar surface area (TPSA) is 100 Å². The summed E-state index contributed by atoms with van der Waals surface area (Å²) in [6, 6.07) is 0.760. The van der Waals surface area contributed by atoms with E-state index in [1.807, 2.05) is 6.07 Å². The number of aryl methyl sites for hydroxylation is 1. The van der Waals surface area contributed by atoms with E-state index in [1.165, 1.54) is 0 Å². The van der Waals surface area contributed by atoms with Gasteiger partial charge in [-0.05, 0) is 25.3 Å². The lowest BCUT2D eigenvalue weighted by atomic mass is 9.93.